The molecule has 44 heavy (non-hydrogen) atoms. The zero-order valence-corrected chi connectivity index (χ0v) is 23.3. The summed E-state index contributed by atoms with van der Waals surface area (Å²) in [5.41, 5.74) is -1.11. The molecule has 2 aliphatic rings. The van der Waals surface area contributed by atoms with Gasteiger partial charge in [0.05, 0.1) is 19.8 Å². The molecule has 10 atom stereocenters. The molecule has 16 heteroatoms. The number of aliphatic hydroxyl groups is 6. The molecule has 2 saturated heterocycles. The lowest BCUT2D eigenvalue weighted by molar-refractivity contribution is -0.318. The van der Waals surface area contributed by atoms with E-state index < -0.39 is 96.1 Å². The van der Waals surface area contributed by atoms with Crippen molar-refractivity contribution in [2.75, 3.05) is 13.7 Å². The van der Waals surface area contributed by atoms with Gasteiger partial charge in [-0.05, 0) is 25.1 Å². The fourth-order valence-corrected chi connectivity index (χ4v) is 4.99. The van der Waals surface area contributed by atoms with Gasteiger partial charge in [0.15, 0.2) is 23.5 Å². The first-order chi connectivity index (χ1) is 20.8. The lowest BCUT2D eigenvalue weighted by Gasteiger charge is -2.42. The average molecular weight is 625 g/mol. The van der Waals surface area contributed by atoms with Crippen LogP contribution in [-0.2, 0) is 14.2 Å². The normalized spacial score (nSPS) is 32.5. The van der Waals surface area contributed by atoms with E-state index in [-0.39, 0.29) is 28.4 Å². The number of aliphatic hydroxyl groups excluding tert-OH is 6. The Bertz CT molecular complexity index is 1560. The van der Waals surface area contributed by atoms with Gasteiger partial charge in [-0.15, -0.1) is 0 Å². The molecular formula is C28H32O16. The minimum atomic E-state index is -1.94. The number of ether oxygens (including phenoxy) is 5. The number of phenols is 3. The summed E-state index contributed by atoms with van der Waals surface area (Å²) < 4.78 is 33.2. The molecule has 0 bridgehead atoms. The van der Waals surface area contributed by atoms with Gasteiger partial charge in [0, 0.05) is 17.7 Å². The first kappa shape index (κ1) is 31.7. The summed E-state index contributed by atoms with van der Waals surface area (Å²) in [6.45, 7) is 0.845. The Labute approximate surface area is 248 Å². The predicted molar refractivity (Wildman–Crippen MR) is 145 cm³/mol. The highest BCUT2D eigenvalue weighted by atomic mass is 16.7. The Hall–Kier alpha value is -3.71. The average Bonchev–Trinajstić information content (AvgIpc) is 2.98. The monoisotopic (exact) mass is 624 g/mol. The molecule has 3 aromatic rings. The highest BCUT2D eigenvalue weighted by molar-refractivity contribution is 5.88. The van der Waals surface area contributed by atoms with Gasteiger partial charge < -0.3 is 74.1 Å². The van der Waals surface area contributed by atoms with E-state index in [0.717, 1.165) is 12.1 Å². The molecule has 2 aliphatic heterocycles. The van der Waals surface area contributed by atoms with Crippen LogP contribution in [0.25, 0.3) is 22.3 Å². The number of aromatic hydroxyl groups is 3. The van der Waals surface area contributed by atoms with Gasteiger partial charge in [0.25, 0.3) is 0 Å². The van der Waals surface area contributed by atoms with E-state index in [1.807, 2.05) is 0 Å². The smallest absolute Gasteiger partial charge is 0.239 e. The second-order valence-corrected chi connectivity index (χ2v) is 10.5. The van der Waals surface area contributed by atoms with Crippen LogP contribution in [0.1, 0.15) is 6.92 Å². The largest absolute Gasteiger partial charge is 0.508 e. The second-order valence-electron chi connectivity index (χ2n) is 10.5. The zero-order valence-electron chi connectivity index (χ0n) is 23.3. The number of phenolic OH excluding ortho intramolecular Hbond substituents is 3. The highest BCUT2D eigenvalue weighted by Gasteiger charge is 2.47. The highest BCUT2D eigenvalue weighted by Crippen LogP contribution is 2.39. The summed E-state index contributed by atoms with van der Waals surface area (Å²) in [4.78, 5) is 13.7. The predicted octanol–water partition coefficient (Wildman–Crippen LogP) is -1.38. The summed E-state index contributed by atoms with van der Waals surface area (Å²) in [7, 11) is 1.28. The summed E-state index contributed by atoms with van der Waals surface area (Å²) in [6.07, 6.45) is -16.0. The summed E-state index contributed by atoms with van der Waals surface area (Å²) in [5, 5.41) is 92.1. The third-order valence-electron chi connectivity index (χ3n) is 7.50. The molecule has 3 heterocycles. The van der Waals surface area contributed by atoms with Crippen molar-refractivity contribution >= 4 is 11.0 Å². The fraction of sp³-hybridized carbons (Fsp3) is 0.464. The molecule has 1 aromatic heterocycles. The lowest BCUT2D eigenvalue weighted by Crippen LogP contribution is -2.61. The maximum atomic E-state index is 13.7. The second kappa shape index (κ2) is 12.4. The Balaban J connectivity index is 1.49. The van der Waals surface area contributed by atoms with Crippen molar-refractivity contribution < 1.29 is 74.1 Å². The summed E-state index contributed by atoms with van der Waals surface area (Å²) >= 11 is 0. The molecule has 0 spiro atoms. The van der Waals surface area contributed by atoms with Gasteiger partial charge in [0.1, 0.15) is 65.2 Å². The van der Waals surface area contributed by atoms with Crippen LogP contribution < -0.4 is 14.9 Å². The van der Waals surface area contributed by atoms with Crippen LogP contribution in [0.4, 0.5) is 0 Å². The van der Waals surface area contributed by atoms with Gasteiger partial charge in [-0.3, -0.25) is 4.79 Å². The first-order valence-electron chi connectivity index (χ1n) is 13.4. The van der Waals surface area contributed by atoms with Crippen LogP contribution >= 0.6 is 0 Å². The molecule has 2 aromatic carbocycles. The number of rotatable bonds is 7. The van der Waals surface area contributed by atoms with Gasteiger partial charge >= 0.3 is 0 Å². The van der Waals surface area contributed by atoms with Crippen LogP contribution in [0, 0.1) is 0 Å². The van der Waals surface area contributed by atoms with E-state index in [9.17, 15) is 50.8 Å². The Kier molecular flexibility index (Phi) is 8.90. The van der Waals surface area contributed by atoms with Crippen molar-refractivity contribution in [3.8, 4) is 40.1 Å². The Morgan fingerprint density at radius 1 is 0.795 bits per heavy atom. The molecule has 0 radical (unpaired) electrons. The lowest BCUT2D eigenvalue weighted by atomic mass is 9.98. The van der Waals surface area contributed by atoms with E-state index in [4.69, 9.17) is 28.1 Å². The topological polar surface area (TPSA) is 258 Å². The van der Waals surface area contributed by atoms with Crippen LogP contribution in [0.5, 0.6) is 28.7 Å². The minimum Gasteiger partial charge on any atom is -0.508 e. The molecule has 0 saturated carbocycles. The number of fused-ring (bicyclic) bond motifs is 1. The molecule has 0 aliphatic carbocycles. The van der Waals surface area contributed by atoms with E-state index >= 15 is 0 Å². The van der Waals surface area contributed by atoms with Crippen molar-refractivity contribution in [2.45, 2.75) is 68.3 Å². The van der Waals surface area contributed by atoms with Crippen LogP contribution in [-0.4, -0.2) is 121 Å². The molecule has 1 unspecified atom stereocenters. The molecule has 5 rings (SSSR count). The molecule has 2 fully saturated rings. The van der Waals surface area contributed by atoms with Crippen LogP contribution in [0.15, 0.2) is 39.5 Å². The van der Waals surface area contributed by atoms with Gasteiger partial charge in [0.2, 0.25) is 17.5 Å². The third-order valence-corrected chi connectivity index (χ3v) is 7.50. The van der Waals surface area contributed by atoms with Crippen LogP contribution in [0.3, 0.4) is 0 Å². The van der Waals surface area contributed by atoms with Crippen molar-refractivity contribution in [3.05, 3.63) is 40.6 Å². The van der Waals surface area contributed by atoms with Crippen molar-refractivity contribution in [1.29, 1.82) is 0 Å². The number of hydrogen-bond donors (Lipinski definition) is 9. The quantitative estimate of drug-likeness (QED) is 0.147. The Morgan fingerprint density at radius 3 is 2.18 bits per heavy atom. The summed E-state index contributed by atoms with van der Waals surface area (Å²) in [5.74, 6) is -2.28. The van der Waals surface area contributed by atoms with E-state index in [1.165, 1.54) is 32.2 Å². The fourth-order valence-electron chi connectivity index (χ4n) is 4.99. The number of hydrogen-bond acceptors (Lipinski definition) is 16. The molecule has 9 N–H and O–H groups in total. The molecule has 16 nitrogen and oxygen atoms in total. The van der Waals surface area contributed by atoms with Crippen molar-refractivity contribution in [3.63, 3.8) is 0 Å². The Morgan fingerprint density at radius 2 is 1.48 bits per heavy atom. The van der Waals surface area contributed by atoms with Crippen molar-refractivity contribution in [2.24, 2.45) is 0 Å². The van der Waals surface area contributed by atoms with Crippen LogP contribution in [0.2, 0.25) is 0 Å². The van der Waals surface area contributed by atoms with E-state index in [1.54, 1.807) is 0 Å². The third kappa shape index (κ3) is 5.74. The van der Waals surface area contributed by atoms with E-state index in [0.29, 0.717) is 0 Å². The zero-order chi connectivity index (χ0) is 32.0. The summed E-state index contributed by atoms with van der Waals surface area (Å²) in [6, 6.07) is 5.83. The van der Waals surface area contributed by atoms with Gasteiger partial charge in [-0.1, -0.05) is 0 Å². The van der Waals surface area contributed by atoms with Gasteiger partial charge in [-0.2, -0.15) is 0 Å². The van der Waals surface area contributed by atoms with E-state index in [2.05, 4.69) is 0 Å². The molecule has 0 amide bonds. The molecular weight excluding hydrogens is 592 g/mol. The standard InChI is InChI=1S/C28H32O16/c1-9-18(32)21(35)23(37)27(41-9)40-8-16-19(33)22(36)24(38)28(43-16)44-26-20(34)17-13(31)6-11(29)7-15(17)42-25(26)10-3-4-12(30)14(5-10)39-2/h3-7,9,16,18-19,21-24,27-33,35-38H,8H2,1-2H3/t9-,16+,18-,19+,21+,22-,23+,24+,27?,28-/m0/s1. The number of methoxy groups -OCH3 is 1. The first-order valence-corrected chi connectivity index (χ1v) is 13.4. The maximum absolute atomic E-state index is 13.7. The van der Waals surface area contributed by atoms with Crippen molar-refractivity contribution in [1.82, 2.24) is 0 Å². The van der Waals surface area contributed by atoms with Gasteiger partial charge in [-0.25, -0.2) is 0 Å². The minimum absolute atomic E-state index is 0.0151. The maximum Gasteiger partial charge on any atom is 0.239 e. The number of benzene rings is 2. The molecule has 240 valence electrons. The SMILES string of the molecule is COc1cc(-c2oc3cc(O)cc(O)c3c(=O)c2O[C@@H]2O[C@H](COC3O[C@@H](C)[C@H](O)[C@@H](O)[C@H]3O)[C@@H](O)[C@H](O)[C@H]2O)ccc1O.